The Balaban J connectivity index is 1.77. The quantitative estimate of drug-likeness (QED) is 0.526. The average Bonchev–Trinajstić information content (AvgIpc) is 3.30. The van der Waals surface area contributed by atoms with Gasteiger partial charge in [-0.25, -0.2) is 0 Å². The van der Waals surface area contributed by atoms with Gasteiger partial charge in [-0.3, -0.25) is 4.98 Å². The maximum Gasteiger partial charge on any atom is 0.118 e. The lowest BCUT2D eigenvalue weighted by molar-refractivity contribution is 0.317. The van der Waals surface area contributed by atoms with Gasteiger partial charge in [0.15, 0.2) is 0 Å². The van der Waals surface area contributed by atoms with Gasteiger partial charge in [0.1, 0.15) is 11.5 Å². The Morgan fingerprint density at radius 3 is 2.65 bits per heavy atom. The summed E-state index contributed by atoms with van der Waals surface area (Å²) in [5, 5.41) is 12.7. The molecule has 4 heteroatoms. The summed E-state index contributed by atoms with van der Waals surface area (Å²) >= 11 is 0. The Kier molecular flexibility index (Phi) is 3.37. The van der Waals surface area contributed by atoms with Crippen LogP contribution in [-0.2, 0) is 0 Å². The van der Waals surface area contributed by atoms with Crippen LogP contribution in [0.25, 0.3) is 0 Å². The van der Waals surface area contributed by atoms with E-state index in [1.165, 1.54) is 5.56 Å². The van der Waals surface area contributed by atoms with Gasteiger partial charge in [0.2, 0.25) is 0 Å². The van der Waals surface area contributed by atoms with Crippen molar-refractivity contribution in [2.75, 3.05) is 7.11 Å². The van der Waals surface area contributed by atoms with Gasteiger partial charge in [0, 0.05) is 12.1 Å². The minimum atomic E-state index is 0.239. The Bertz CT molecular complexity index is 608. The first-order valence-electron chi connectivity index (χ1n) is 6.61. The fourth-order valence-electron chi connectivity index (χ4n) is 2.55. The first-order valence-corrected chi connectivity index (χ1v) is 6.61. The molecule has 1 saturated carbocycles. The minimum Gasteiger partial charge on any atom is -0.497 e. The van der Waals surface area contributed by atoms with Gasteiger partial charge in [-0.05, 0) is 42.2 Å². The molecule has 1 aliphatic carbocycles. The lowest BCUT2D eigenvalue weighted by Crippen LogP contribution is -2.07. The van der Waals surface area contributed by atoms with E-state index in [0.29, 0.717) is 11.6 Å². The highest BCUT2D eigenvalue weighted by Gasteiger charge is 2.43. The molecule has 1 heterocycles. The van der Waals surface area contributed by atoms with Crippen molar-refractivity contribution in [1.29, 1.82) is 0 Å². The molecule has 4 nitrogen and oxygen atoms in total. The van der Waals surface area contributed by atoms with Gasteiger partial charge < -0.3 is 9.94 Å². The molecule has 3 rings (SSSR count). The van der Waals surface area contributed by atoms with Crippen LogP contribution in [0.1, 0.15) is 23.6 Å². The van der Waals surface area contributed by atoms with E-state index in [9.17, 15) is 5.21 Å². The van der Waals surface area contributed by atoms with Crippen molar-refractivity contribution in [3.63, 3.8) is 0 Å². The molecular formula is C16H16N2O2. The Hall–Kier alpha value is -2.36. The predicted octanol–water partition coefficient (Wildman–Crippen LogP) is 3.07. The van der Waals surface area contributed by atoms with Crippen LogP contribution < -0.4 is 4.74 Å². The van der Waals surface area contributed by atoms with Crippen LogP contribution in [0.5, 0.6) is 5.75 Å². The zero-order valence-corrected chi connectivity index (χ0v) is 11.2. The summed E-state index contributed by atoms with van der Waals surface area (Å²) in [6.07, 6.45) is 2.70. The molecule has 0 spiro atoms. The third-order valence-electron chi connectivity index (χ3n) is 3.72. The lowest BCUT2D eigenvalue weighted by Gasteiger charge is -2.04. The van der Waals surface area contributed by atoms with Gasteiger partial charge in [-0.2, -0.15) is 0 Å². The second-order valence-corrected chi connectivity index (χ2v) is 4.92. The normalized spacial score (nSPS) is 21.6. The number of rotatable bonds is 4. The van der Waals surface area contributed by atoms with Crippen LogP contribution in [0.3, 0.4) is 0 Å². The van der Waals surface area contributed by atoms with Crippen LogP contribution >= 0.6 is 0 Å². The third-order valence-corrected chi connectivity index (χ3v) is 3.72. The number of ether oxygens (including phenoxy) is 1. The van der Waals surface area contributed by atoms with Crippen LogP contribution in [0, 0.1) is 5.92 Å². The summed E-state index contributed by atoms with van der Waals surface area (Å²) in [6.45, 7) is 0. The molecule has 2 aromatic rings. The van der Waals surface area contributed by atoms with Crippen LogP contribution in [0.2, 0.25) is 0 Å². The van der Waals surface area contributed by atoms with Crippen molar-refractivity contribution < 1.29 is 9.94 Å². The molecule has 0 saturated heterocycles. The summed E-state index contributed by atoms with van der Waals surface area (Å²) in [4.78, 5) is 4.26. The predicted molar refractivity (Wildman–Crippen MR) is 76.4 cm³/mol. The first kappa shape index (κ1) is 12.7. The molecule has 1 N–H and O–H groups in total. The first-order chi connectivity index (χ1) is 9.83. The van der Waals surface area contributed by atoms with Crippen molar-refractivity contribution in [3.8, 4) is 5.75 Å². The summed E-state index contributed by atoms with van der Waals surface area (Å²) in [7, 11) is 1.66. The molecule has 2 unspecified atom stereocenters. The number of oxime groups is 1. The smallest absolute Gasteiger partial charge is 0.118 e. The van der Waals surface area contributed by atoms with Gasteiger partial charge in [-0.15, -0.1) is 0 Å². The molecular weight excluding hydrogens is 252 g/mol. The van der Waals surface area contributed by atoms with E-state index in [-0.39, 0.29) is 5.92 Å². The van der Waals surface area contributed by atoms with E-state index in [0.717, 1.165) is 17.9 Å². The largest absolute Gasteiger partial charge is 0.497 e. The molecule has 0 aliphatic heterocycles. The van der Waals surface area contributed by atoms with Gasteiger partial charge in [0.05, 0.1) is 12.8 Å². The van der Waals surface area contributed by atoms with Crippen molar-refractivity contribution >= 4 is 5.71 Å². The van der Waals surface area contributed by atoms with E-state index in [4.69, 9.17) is 4.74 Å². The second kappa shape index (κ2) is 5.33. The Morgan fingerprint density at radius 2 is 2.05 bits per heavy atom. The SMILES string of the molecule is COc1ccc(C2CC2/C(=N/O)c2ccccn2)cc1. The lowest BCUT2D eigenvalue weighted by atomic mass is 10.1. The fourth-order valence-corrected chi connectivity index (χ4v) is 2.55. The molecule has 20 heavy (non-hydrogen) atoms. The van der Waals surface area contributed by atoms with E-state index < -0.39 is 0 Å². The number of aromatic nitrogens is 1. The molecule has 0 amide bonds. The Morgan fingerprint density at radius 1 is 1.25 bits per heavy atom. The van der Waals surface area contributed by atoms with Gasteiger partial charge >= 0.3 is 0 Å². The highest BCUT2D eigenvalue weighted by atomic mass is 16.5. The van der Waals surface area contributed by atoms with Crippen LogP contribution in [0.15, 0.2) is 53.8 Å². The molecule has 0 bridgehead atoms. The van der Waals surface area contributed by atoms with Crippen molar-refractivity contribution in [2.45, 2.75) is 12.3 Å². The standard InChI is InChI=1S/C16H16N2O2/c1-20-12-7-5-11(6-8-12)13-10-14(13)16(18-19)15-4-2-3-9-17-15/h2-9,13-14,19H,10H2,1H3/b18-16-. The number of nitrogens with zero attached hydrogens (tertiary/aromatic N) is 2. The summed E-state index contributed by atoms with van der Waals surface area (Å²) in [6, 6.07) is 13.7. The number of hydrogen-bond donors (Lipinski definition) is 1. The molecule has 2 atom stereocenters. The third kappa shape index (κ3) is 2.37. The number of pyridine rings is 1. The topological polar surface area (TPSA) is 54.7 Å². The molecule has 1 fully saturated rings. The van der Waals surface area contributed by atoms with Crippen molar-refractivity contribution in [3.05, 3.63) is 59.9 Å². The maximum atomic E-state index is 9.26. The van der Waals surface area contributed by atoms with E-state index in [1.54, 1.807) is 13.3 Å². The summed E-state index contributed by atoms with van der Waals surface area (Å²) < 4.78 is 5.16. The summed E-state index contributed by atoms with van der Waals surface area (Å²) in [5.74, 6) is 1.49. The van der Waals surface area contributed by atoms with Crippen LogP contribution in [-0.4, -0.2) is 23.0 Å². The fraction of sp³-hybridized carbons (Fsp3) is 0.250. The van der Waals surface area contributed by atoms with Gasteiger partial charge in [0.25, 0.3) is 0 Å². The minimum absolute atomic E-state index is 0.239. The van der Waals surface area contributed by atoms with Crippen molar-refractivity contribution in [1.82, 2.24) is 4.98 Å². The highest BCUT2D eigenvalue weighted by molar-refractivity contribution is 6.02. The highest BCUT2D eigenvalue weighted by Crippen LogP contribution is 2.49. The van der Waals surface area contributed by atoms with Crippen LogP contribution in [0.4, 0.5) is 0 Å². The number of methoxy groups -OCH3 is 1. The zero-order chi connectivity index (χ0) is 13.9. The maximum absolute atomic E-state index is 9.26. The molecule has 0 radical (unpaired) electrons. The monoisotopic (exact) mass is 268 g/mol. The summed E-state index contributed by atoms with van der Waals surface area (Å²) in [5.41, 5.74) is 2.66. The van der Waals surface area contributed by atoms with E-state index in [2.05, 4.69) is 22.3 Å². The number of hydrogen-bond acceptors (Lipinski definition) is 4. The molecule has 1 aromatic heterocycles. The van der Waals surface area contributed by atoms with Crippen molar-refractivity contribution in [2.24, 2.45) is 11.1 Å². The molecule has 1 aliphatic rings. The van der Waals surface area contributed by atoms with E-state index >= 15 is 0 Å². The zero-order valence-electron chi connectivity index (χ0n) is 11.2. The molecule has 102 valence electrons. The number of benzene rings is 1. The Labute approximate surface area is 117 Å². The average molecular weight is 268 g/mol. The second-order valence-electron chi connectivity index (χ2n) is 4.92. The van der Waals surface area contributed by atoms with E-state index in [1.807, 2.05) is 30.3 Å². The molecule has 1 aromatic carbocycles. The van der Waals surface area contributed by atoms with Gasteiger partial charge in [-0.1, -0.05) is 23.4 Å².